The first-order chi connectivity index (χ1) is 8.75. The Kier molecular flexibility index (Phi) is 5.02. The lowest BCUT2D eigenvalue weighted by atomic mass is 9.96. The van der Waals surface area contributed by atoms with Crippen LogP contribution in [-0.2, 0) is 16.1 Å². The predicted molar refractivity (Wildman–Crippen MR) is 71.5 cm³/mol. The van der Waals surface area contributed by atoms with E-state index in [-0.39, 0.29) is 12.6 Å². The highest BCUT2D eigenvalue weighted by atomic mass is 35.5. The van der Waals surface area contributed by atoms with Gasteiger partial charge in [0.2, 0.25) is 0 Å². The van der Waals surface area contributed by atoms with Crippen LogP contribution in [0.1, 0.15) is 24.8 Å². The fourth-order valence-electron chi connectivity index (χ4n) is 2.17. The minimum atomic E-state index is -0.136. The van der Waals surface area contributed by atoms with Crippen LogP contribution in [-0.4, -0.2) is 19.1 Å². The number of benzene rings is 1. The highest BCUT2D eigenvalue weighted by Crippen LogP contribution is 2.18. The molecule has 0 saturated carbocycles. The van der Waals surface area contributed by atoms with E-state index in [2.05, 4.69) is 5.32 Å². The van der Waals surface area contributed by atoms with Crippen molar-refractivity contribution in [1.82, 2.24) is 5.32 Å². The van der Waals surface area contributed by atoms with E-state index >= 15 is 0 Å². The number of hydrogen-bond donors (Lipinski definition) is 1. The molecule has 18 heavy (non-hydrogen) atoms. The van der Waals surface area contributed by atoms with Crippen LogP contribution < -0.4 is 5.32 Å². The molecule has 1 heterocycles. The van der Waals surface area contributed by atoms with Crippen molar-refractivity contribution in [3.8, 4) is 0 Å². The standard InChI is InChI=1S/C14H18ClNO2/c15-13-6-2-1-5-12(13)10-18-14(17)8-11-4-3-7-16-9-11/h1-2,5-6,11,16H,3-4,7-10H2. The normalized spacial score (nSPS) is 19.5. The largest absolute Gasteiger partial charge is 0.461 e. The van der Waals surface area contributed by atoms with Crippen molar-refractivity contribution in [3.05, 3.63) is 34.9 Å². The van der Waals surface area contributed by atoms with Crippen LogP contribution in [0, 0.1) is 5.92 Å². The molecule has 1 aromatic carbocycles. The van der Waals surface area contributed by atoms with Gasteiger partial charge in [0.1, 0.15) is 6.61 Å². The van der Waals surface area contributed by atoms with Crippen molar-refractivity contribution in [2.45, 2.75) is 25.9 Å². The minimum absolute atomic E-state index is 0.136. The van der Waals surface area contributed by atoms with Gasteiger partial charge < -0.3 is 10.1 Å². The topological polar surface area (TPSA) is 38.3 Å². The molecular formula is C14H18ClNO2. The van der Waals surface area contributed by atoms with E-state index in [1.165, 1.54) is 0 Å². The summed E-state index contributed by atoms with van der Waals surface area (Å²) < 4.78 is 5.26. The summed E-state index contributed by atoms with van der Waals surface area (Å²) >= 11 is 6.00. The molecule has 0 radical (unpaired) electrons. The summed E-state index contributed by atoms with van der Waals surface area (Å²) in [6.07, 6.45) is 2.74. The first-order valence-corrected chi connectivity index (χ1v) is 6.73. The SMILES string of the molecule is O=C(CC1CCCNC1)OCc1ccccc1Cl. The molecule has 1 fully saturated rings. The van der Waals surface area contributed by atoms with Crippen LogP contribution in [0.3, 0.4) is 0 Å². The van der Waals surface area contributed by atoms with E-state index in [0.29, 0.717) is 17.4 Å². The van der Waals surface area contributed by atoms with Gasteiger partial charge in [0.25, 0.3) is 0 Å². The number of nitrogens with one attached hydrogen (secondary N) is 1. The van der Waals surface area contributed by atoms with Gasteiger partial charge in [-0.3, -0.25) is 4.79 Å². The van der Waals surface area contributed by atoms with Gasteiger partial charge in [-0.15, -0.1) is 0 Å². The Balaban J connectivity index is 1.76. The maximum atomic E-state index is 11.7. The molecule has 2 rings (SSSR count). The molecule has 98 valence electrons. The van der Waals surface area contributed by atoms with Crippen LogP contribution in [0.25, 0.3) is 0 Å². The third-order valence-corrected chi connectivity index (χ3v) is 3.57. The third kappa shape index (κ3) is 4.00. The molecule has 1 aliphatic heterocycles. The molecule has 1 saturated heterocycles. The van der Waals surface area contributed by atoms with Crippen LogP contribution in [0.5, 0.6) is 0 Å². The average Bonchev–Trinajstić information content (AvgIpc) is 2.39. The highest BCUT2D eigenvalue weighted by Gasteiger charge is 2.17. The van der Waals surface area contributed by atoms with Gasteiger partial charge >= 0.3 is 5.97 Å². The van der Waals surface area contributed by atoms with Crippen molar-refractivity contribution >= 4 is 17.6 Å². The van der Waals surface area contributed by atoms with Crippen molar-refractivity contribution in [2.75, 3.05) is 13.1 Å². The molecule has 0 aliphatic carbocycles. The number of hydrogen-bond acceptors (Lipinski definition) is 3. The van der Waals surface area contributed by atoms with Crippen LogP contribution in [0.2, 0.25) is 5.02 Å². The van der Waals surface area contributed by atoms with Gasteiger partial charge in [-0.25, -0.2) is 0 Å². The summed E-state index contributed by atoms with van der Waals surface area (Å²) in [5.74, 6) is 0.279. The van der Waals surface area contributed by atoms with Gasteiger partial charge in [-0.05, 0) is 37.9 Å². The fourth-order valence-corrected chi connectivity index (χ4v) is 2.36. The quantitative estimate of drug-likeness (QED) is 0.853. The second-order valence-corrected chi connectivity index (χ2v) is 5.08. The maximum Gasteiger partial charge on any atom is 0.306 e. The number of esters is 1. The zero-order valence-electron chi connectivity index (χ0n) is 10.3. The summed E-state index contributed by atoms with van der Waals surface area (Å²) in [6.45, 7) is 2.24. The summed E-state index contributed by atoms with van der Waals surface area (Å²) in [6, 6.07) is 7.43. The lowest BCUT2D eigenvalue weighted by molar-refractivity contribution is -0.146. The number of piperidine rings is 1. The van der Waals surface area contributed by atoms with Gasteiger partial charge in [-0.1, -0.05) is 29.8 Å². The van der Waals surface area contributed by atoms with E-state index in [4.69, 9.17) is 16.3 Å². The Morgan fingerprint density at radius 2 is 2.28 bits per heavy atom. The van der Waals surface area contributed by atoms with E-state index in [0.717, 1.165) is 31.5 Å². The van der Waals surface area contributed by atoms with E-state index in [1.54, 1.807) is 6.07 Å². The molecule has 0 spiro atoms. The van der Waals surface area contributed by atoms with Gasteiger partial charge in [0.15, 0.2) is 0 Å². The number of carbonyl (C=O) groups excluding carboxylic acids is 1. The van der Waals surface area contributed by atoms with Crippen molar-refractivity contribution in [3.63, 3.8) is 0 Å². The minimum Gasteiger partial charge on any atom is -0.461 e. The van der Waals surface area contributed by atoms with Crippen molar-refractivity contribution < 1.29 is 9.53 Å². The molecule has 0 amide bonds. The first kappa shape index (κ1) is 13.4. The molecule has 4 heteroatoms. The van der Waals surface area contributed by atoms with Gasteiger partial charge in [0.05, 0.1) is 0 Å². The third-order valence-electron chi connectivity index (χ3n) is 3.20. The number of carbonyl (C=O) groups is 1. The molecule has 1 aromatic rings. The highest BCUT2D eigenvalue weighted by molar-refractivity contribution is 6.31. The van der Waals surface area contributed by atoms with Crippen molar-refractivity contribution in [2.24, 2.45) is 5.92 Å². The average molecular weight is 268 g/mol. The first-order valence-electron chi connectivity index (χ1n) is 6.35. The van der Waals surface area contributed by atoms with Crippen LogP contribution in [0.4, 0.5) is 0 Å². The Morgan fingerprint density at radius 3 is 3.00 bits per heavy atom. The second-order valence-electron chi connectivity index (χ2n) is 4.67. The number of halogens is 1. The molecular weight excluding hydrogens is 250 g/mol. The number of rotatable bonds is 4. The fraction of sp³-hybridized carbons (Fsp3) is 0.500. The lowest BCUT2D eigenvalue weighted by Gasteiger charge is -2.21. The summed E-state index contributed by atoms with van der Waals surface area (Å²) in [5.41, 5.74) is 0.856. The Hall–Kier alpha value is -1.06. The number of ether oxygens (including phenoxy) is 1. The maximum absolute atomic E-state index is 11.7. The van der Waals surface area contributed by atoms with Crippen molar-refractivity contribution in [1.29, 1.82) is 0 Å². The van der Waals surface area contributed by atoms with E-state index in [1.807, 2.05) is 18.2 Å². The Morgan fingerprint density at radius 1 is 1.44 bits per heavy atom. The molecule has 1 atom stereocenters. The molecule has 1 unspecified atom stereocenters. The van der Waals surface area contributed by atoms with E-state index < -0.39 is 0 Å². The summed E-state index contributed by atoms with van der Waals surface area (Å²) in [4.78, 5) is 11.7. The molecule has 0 aromatic heterocycles. The molecule has 0 bridgehead atoms. The Bertz CT molecular complexity index is 403. The molecule has 3 nitrogen and oxygen atoms in total. The van der Waals surface area contributed by atoms with Gasteiger partial charge in [0, 0.05) is 17.0 Å². The summed E-state index contributed by atoms with van der Waals surface area (Å²) in [5, 5.41) is 3.94. The molecule has 1 N–H and O–H groups in total. The van der Waals surface area contributed by atoms with Crippen LogP contribution >= 0.6 is 11.6 Å². The van der Waals surface area contributed by atoms with Gasteiger partial charge in [-0.2, -0.15) is 0 Å². The monoisotopic (exact) mass is 267 g/mol. The zero-order valence-corrected chi connectivity index (χ0v) is 11.1. The van der Waals surface area contributed by atoms with E-state index in [9.17, 15) is 4.79 Å². The summed E-state index contributed by atoms with van der Waals surface area (Å²) in [7, 11) is 0. The predicted octanol–water partition coefficient (Wildman–Crippen LogP) is 2.77. The molecule has 1 aliphatic rings. The zero-order chi connectivity index (χ0) is 12.8. The second kappa shape index (κ2) is 6.76. The lowest BCUT2D eigenvalue weighted by Crippen LogP contribution is -2.31. The Labute approximate surface area is 112 Å². The smallest absolute Gasteiger partial charge is 0.306 e. The van der Waals surface area contributed by atoms with Crippen LogP contribution in [0.15, 0.2) is 24.3 Å².